The Morgan fingerprint density at radius 1 is 1.12 bits per heavy atom. The van der Waals surface area contributed by atoms with E-state index in [1.165, 1.54) is 29.6 Å². The molecule has 2 heterocycles. The highest BCUT2D eigenvalue weighted by atomic mass is 35.5. The second kappa shape index (κ2) is 7.35. The Kier molecular flexibility index (Phi) is 5.17. The first-order valence-corrected chi connectivity index (χ1v) is 9.40. The fourth-order valence-corrected chi connectivity index (χ4v) is 4.08. The molecule has 0 atom stereocenters. The summed E-state index contributed by atoms with van der Waals surface area (Å²) >= 11 is 8.74. The topological polar surface area (TPSA) is 71.1 Å². The molecule has 1 aromatic carbocycles. The van der Waals surface area contributed by atoms with Crippen LogP contribution in [0.3, 0.4) is 0 Å². The van der Waals surface area contributed by atoms with E-state index in [2.05, 4.69) is 15.6 Å². The summed E-state index contributed by atoms with van der Waals surface area (Å²) < 4.78 is 0.677. The van der Waals surface area contributed by atoms with E-state index in [0.29, 0.717) is 21.4 Å². The van der Waals surface area contributed by atoms with E-state index in [4.69, 9.17) is 11.6 Å². The van der Waals surface area contributed by atoms with Crippen LogP contribution in [0.4, 0.5) is 11.4 Å². The SMILES string of the molecule is CC(=O)Nc1ccc(C)cc1NC(=O)c1csc(-c2ccc(Cl)s2)n1. The molecule has 2 N–H and O–H groups in total. The molecule has 5 nitrogen and oxygen atoms in total. The van der Waals surface area contributed by atoms with E-state index < -0.39 is 0 Å². The maximum absolute atomic E-state index is 12.5. The molecule has 0 unspecified atom stereocenters. The molecule has 0 fully saturated rings. The van der Waals surface area contributed by atoms with Crippen LogP contribution in [0.15, 0.2) is 35.7 Å². The van der Waals surface area contributed by atoms with Crippen LogP contribution < -0.4 is 10.6 Å². The highest BCUT2D eigenvalue weighted by Crippen LogP contribution is 2.33. The third-order valence-electron chi connectivity index (χ3n) is 3.25. The van der Waals surface area contributed by atoms with Gasteiger partial charge in [0, 0.05) is 12.3 Å². The Morgan fingerprint density at radius 3 is 2.60 bits per heavy atom. The number of amides is 2. The molecule has 2 amide bonds. The Morgan fingerprint density at radius 2 is 1.92 bits per heavy atom. The van der Waals surface area contributed by atoms with Crippen LogP contribution in [-0.4, -0.2) is 16.8 Å². The molecule has 0 aliphatic heterocycles. The van der Waals surface area contributed by atoms with Crippen molar-refractivity contribution in [3.8, 4) is 9.88 Å². The highest BCUT2D eigenvalue weighted by Gasteiger charge is 2.15. The van der Waals surface area contributed by atoms with Crippen LogP contribution in [0.25, 0.3) is 9.88 Å². The molecule has 2 aromatic heterocycles. The molecule has 3 aromatic rings. The first-order chi connectivity index (χ1) is 11.9. The molecule has 0 bridgehead atoms. The second-order valence-corrected chi connectivity index (χ2v) is 7.90. The van der Waals surface area contributed by atoms with Crippen molar-refractivity contribution in [2.75, 3.05) is 10.6 Å². The molecule has 8 heteroatoms. The van der Waals surface area contributed by atoms with Crippen LogP contribution in [-0.2, 0) is 4.79 Å². The van der Waals surface area contributed by atoms with Gasteiger partial charge in [0.2, 0.25) is 5.91 Å². The van der Waals surface area contributed by atoms with Crippen LogP contribution in [0, 0.1) is 6.92 Å². The van der Waals surface area contributed by atoms with E-state index in [0.717, 1.165) is 15.4 Å². The third kappa shape index (κ3) is 4.25. The van der Waals surface area contributed by atoms with Crippen LogP contribution in [0.5, 0.6) is 0 Å². The number of halogens is 1. The summed E-state index contributed by atoms with van der Waals surface area (Å²) in [6.45, 7) is 3.33. The average Bonchev–Trinajstić information content (AvgIpc) is 3.18. The normalized spacial score (nSPS) is 10.5. The maximum atomic E-state index is 12.5. The average molecular weight is 392 g/mol. The molecule has 0 saturated carbocycles. The van der Waals surface area contributed by atoms with Crippen molar-refractivity contribution >= 4 is 57.5 Å². The number of anilines is 2. The number of hydrogen-bond donors (Lipinski definition) is 2. The van der Waals surface area contributed by atoms with Gasteiger partial charge in [-0.25, -0.2) is 4.98 Å². The van der Waals surface area contributed by atoms with Gasteiger partial charge in [-0.3, -0.25) is 9.59 Å². The zero-order valence-electron chi connectivity index (χ0n) is 13.4. The number of hydrogen-bond acceptors (Lipinski definition) is 5. The molecule has 0 saturated heterocycles. The monoisotopic (exact) mass is 391 g/mol. The lowest BCUT2D eigenvalue weighted by Crippen LogP contribution is -2.15. The van der Waals surface area contributed by atoms with Crippen molar-refractivity contribution in [2.24, 2.45) is 0 Å². The van der Waals surface area contributed by atoms with Crippen molar-refractivity contribution in [1.82, 2.24) is 4.98 Å². The predicted octanol–water partition coefficient (Wildman–Crippen LogP) is 5.04. The van der Waals surface area contributed by atoms with Gasteiger partial charge in [-0.15, -0.1) is 22.7 Å². The number of carbonyl (C=O) groups excluding carboxylic acids is 2. The quantitative estimate of drug-likeness (QED) is 0.654. The Labute approximate surface area is 157 Å². The van der Waals surface area contributed by atoms with Gasteiger partial charge in [-0.05, 0) is 36.8 Å². The number of benzene rings is 1. The zero-order valence-corrected chi connectivity index (χ0v) is 15.8. The summed E-state index contributed by atoms with van der Waals surface area (Å²) in [6, 6.07) is 9.10. The number of aromatic nitrogens is 1. The van der Waals surface area contributed by atoms with Crippen LogP contribution >= 0.6 is 34.3 Å². The molecule has 25 heavy (non-hydrogen) atoms. The second-order valence-electron chi connectivity index (χ2n) is 5.33. The van der Waals surface area contributed by atoms with Gasteiger partial charge < -0.3 is 10.6 Å². The lowest BCUT2D eigenvalue weighted by atomic mass is 10.2. The minimum Gasteiger partial charge on any atom is -0.325 e. The van der Waals surface area contributed by atoms with Crippen molar-refractivity contribution in [1.29, 1.82) is 0 Å². The summed E-state index contributed by atoms with van der Waals surface area (Å²) in [5, 5.41) is 7.96. The van der Waals surface area contributed by atoms with E-state index in [1.54, 1.807) is 23.6 Å². The Hall–Kier alpha value is -2.22. The van der Waals surface area contributed by atoms with E-state index in [9.17, 15) is 9.59 Å². The number of nitrogens with one attached hydrogen (secondary N) is 2. The van der Waals surface area contributed by atoms with Crippen molar-refractivity contribution in [3.63, 3.8) is 0 Å². The number of nitrogens with zero attached hydrogens (tertiary/aromatic N) is 1. The number of carbonyl (C=O) groups is 2. The Balaban J connectivity index is 1.82. The lowest BCUT2D eigenvalue weighted by Gasteiger charge is -2.11. The largest absolute Gasteiger partial charge is 0.325 e. The molecular formula is C17H14ClN3O2S2. The third-order valence-corrected chi connectivity index (χ3v) is 5.50. The standard InChI is InChI=1S/C17H14ClN3O2S2/c1-9-3-4-11(19-10(2)22)12(7-9)20-16(23)13-8-24-17(21-13)14-5-6-15(18)25-14/h3-8H,1-2H3,(H,19,22)(H,20,23). The van der Waals surface area contributed by atoms with Crippen molar-refractivity contribution in [3.05, 3.63) is 51.3 Å². The van der Waals surface area contributed by atoms with E-state index in [-0.39, 0.29) is 11.8 Å². The maximum Gasteiger partial charge on any atom is 0.275 e. The summed E-state index contributed by atoms with van der Waals surface area (Å²) in [5.41, 5.74) is 2.37. The predicted molar refractivity (Wildman–Crippen MR) is 104 cm³/mol. The molecule has 0 radical (unpaired) electrons. The van der Waals surface area contributed by atoms with Gasteiger partial charge in [0.1, 0.15) is 10.7 Å². The summed E-state index contributed by atoms with van der Waals surface area (Å²) in [6.07, 6.45) is 0. The fourth-order valence-electron chi connectivity index (χ4n) is 2.17. The van der Waals surface area contributed by atoms with E-state index >= 15 is 0 Å². The molecule has 3 rings (SSSR count). The van der Waals surface area contributed by atoms with Crippen LogP contribution in [0.2, 0.25) is 4.34 Å². The molecule has 128 valence electrons. The van der Waals surface area contributed by atoms with Gasteiger partial charge in [0.15, 0.2) is 0 Å². The number of rotatable bonds is 4. The van der Waals surface area contributed by atoms with Gasteiger partial charge in [0.25, 0.3) is 5.91 Å². The lowest BCUT2D eigenvalue weighted by molar-refractivity contribution is -0.114. The fraction of sp³-hybridized carbons (Fsp3) is 0.118. The van der Waals surface area contributed by atoms with Crippen molar-refractivity contribution in [2.45, 2.75) is 13.8 Å². The van der Waals surface area contributed by atoms with Gasteiger partial charge >= 0.3 is 0 Å². The molecule has 0 aliphatic carbocycles. The van der Waals surface area contributed by atoms with Crippen molar-refractivity contribution < 1.29 is 9.59 Å². The first-order valence-electron chi connectivity index (χ1n) is 7.33. The number of aryl methyl sites for hydroxylation is 1. The number of thiophene rings is 1. The minimum atomic E-state index is -0.331. The summed E-state index contributed by atoms with van der Waals surface area (Å²) in [4.78, 5) is 29.1. The highest BCUT2D eigenvalue weighted by molar-refractivity contribution is 7.23. The molecule has 0 spiro atoms. The van der Waals surface area contributed by atoms with Gasteiger partial charge in [-0.1, -0.05) is 17.7 Å². The van der Waals surface area contributed by atoms with Gasteiger partial charge in [-0.2, -0.15) is 0 Å². The van der Waals surface area contributed by atoms with Crippen LogP contribution in [0.1, 0.15) is 23.0 Å². The first kappa shape index (κ1) is 17.6. The Bertz CT molecular complexity index is 949. The number of thiazole rings is 1. The molecule has 0 aliphatic rings. The molecular weight excluding hydrogens is 378 g/mol. The zero-order chi connectivity index (χ0) is 18.0. The smallest absolute Gasteiger partial charge is 0.275 e. The summed E-state index contributed by atoms with van der Waals surface area (Å²) in [5.74, 6) is -0.535. The van der Waals surface area contributed by atoms with E-state index in [1.807, 2.05) is 19.1 Å². The minimum absolute atomic E-state index is 0.204. The summed E-state index contributed by atoms with van der Waals surface area (Å²) in [7, 11) is 0. The van der Waals surface area contributed by atoms with Gasteiger partial charge in [0.05, 0.1) is 20.6 Å².